The van der Waals surface area contributed by atoms with Gasteiger partial charge < -0.3 is 16.9 Å². The van der Waals surface area contributed by atoms with E-state index in [0.717, 1.165) is 0 Å². The van der Waals surface area contributed by atoms with E-state index in [1.54, 1.807) is 0 Å². The number of nitrogens with two attached hydrogens (primary N) is 2. The van der Waals surface area contributed by atoms with Crippen LogP contribution in [0.2, 0.25) is 0 Å². The van der Waals surface area contributed by atoms with Crippen LogP contribution in [-0.4, -0.2) is 28.4 Å². The number of rotatable bonds is 4. The summed E-state index contributed by atoms with van der Waals surface area (Å²) in [6.45, 7) is 6.04. The zero-order valence-corrected chi connectivity index (χ0v) is 9.37. The fourth-order valence-electron chi connectivity index (χ4n) is 0.349. The zero-order valence-electron chi connectivity index (χ0n) is 9.37. The second-order valence-electron chi connectivity index (χ2n) is 4.05. The van der Waals surface area contributed by atoms with Gasteiger partial charge in [0.25, 0.3) is 0 Å². The number of primary amides is 2. The first-order valence-electron chi connectivity index (χ1n) is 4.13. The molecule has 0 heterocycles. The molecule has 0 aromatic heterocycles. The quantitative estimate of drug-likeness (QED) is 0.592. The molecule has 0 fully saturated rings. The molecule has 0 aromatic rings. The molecule has 6 N–H and O–H groups in total. The van der Waals surface area contributed by atoms with Crippen LogP contribution in [0, 0.1) is 0 Å². The maximum absolute atomic E-state index is 10.9. The molecule has 0 atom stereocenters. The largest absolute Gasteiger partial charge is 0.412 e. The van der Waals surface area contributed by atoms with Crippen LogP contribution in [0.3, 0.4) is 0 Å². The maximum atomic E-state index is 10.9. The van der Waals surface area contributed by atoms with Crippen molar-refractivity contribution < 1.29 is 15.1 Å². The van der Waals surface area contributed by atoms with Crippen molar-refractivity contribution in [1.82, 2.24) is 0 Å². The Labute approximate surface area is 88.2 Å². The minimum Gasteiger partial charge on any atom is -0.412 e. The summed E-state index contributed by atoms with van der Waals surface area (Å²) < 4.78 is 0. The number of azo groups is 1. The lowest BCUT2D eigenvalue weighted by Gasteiger charge is -2.17. The third-order valence-electron chi connectivity index (χ3n) is 1.76. The number of carbonyl (C=O) groups is 2. The van der Waals surface area contributed by atoms with Crippen LogP contribution in [0.4, 0.5) is 0 Å². The summed E-state index contributed by atoms with van der Waals surface area (Å²) in [7, 11) is 0. The van der Waals surface area contributed by atoms with Crippen molar-refractivity contribution in [2.75, 3.05) is 0 Å². The number of amides is 2. The molecule has 0 aliphatic heterocycles. The highest BCUT2D eigenvalue weighted by Crippen LogP contribution is 2.14. The Morgan fingerprint density at radius 3 is 1.20 bits per heavy atom. The third-order valence-corrected chi connectivity index (χ3v) is 1.76. The summed E-state index contributed by atoms with van der Waals surface area (Å²) in [5.74, 6) is -1.22. The topological polar surface area (TPSA) is 142 Å². The van der Waals surface area contributed by atoms with Crippen molar-refractivity contribution in [3.63, 3.8) is 0 Å². The molecule has 7 nitrogen and oxygen atoms in total. The Hall–Kier alpha value is -1.50. The van der Waals surface area contributed by atoms with Gasteiger partial charge in [0.05, 0.1) is 0 Å². The van der Waals surface area contributed by atoms with E-state index in [-0.39, 0.29) is 5.48 Å². The Kier molecular flexibility index (Phi) is 5.14. The van der Waals surface area contributed by atoms with E-state index in [9.17, 15) is 9.59 Å². The summed E-state index contributed by atoms with van der Waals surface area (Å²) in [4.78, 5) is 21.7. The molecule has 2 amide bonds. The molecule has 7 heteroatoms. The summed E-state index contributed by atoms with van der Waals surface area (Å²) in [6, 6.07) is 0. The third kappa shape index (κ3) is 4.50. The maximum Gasteiger partial charge on any atom is 0.246 e. The van der Waals surface area contributed by atoms with Crippen LogP contribution >= 0.6 is 0 Å². The molecular weight excluding hydrogens is 200 g/mol. The summed E-state index contributed by atoms with van der Waals surface area (Å²) in [5.41, 5.74) is 7.90. The lowest BCUT2D eigenvalue weighted by molar-refractivity contribution is -0.124. The summed E-state index contributed by atoms with van der Waals surface area (Å²) >= 11 is 0. The van der Waals surface area contributed by atoms with Crippen molar-refractivity contribution in [3.8, 4) is 0 Å². The van der Waals surface area contributed by atoms with Gasteiger partial charge in [-0.1, -0.05) is 0 Å². The normalized spacial score (nSPS) is 12.3. The molecule has 0 radical (unpaired) electrons. The zero-order chi connectivity index (χ0) is 11.6. The van der Waals surface area contributed by atoms with Crippen LogP contribution in [0.1, 0.15) is 27.7 Å². The Morgan fingerprint density at radius 1 is 0.867 bits per heavy atom. The van der Waals surface area contributed by atoms with Gasteiger partial charge in [-0.15, -0.1) is 0 Å². The number of hydrogen-bond acceptors (Lipinski definition) is 4. The Bertz CT molecular complexity index is 256. The molecule has 0 spiro atoms. The van der Waals surface area contributed by atoms with Crippen LogP contribution in [-0.2, 0) is 9.59 Å². The Morgan fingerprint density at radius 2 is 1.07 bits per heavy atom. The highest BCUT2D eigenvalue weighted by Gasteiger charge is 2.29. The molecule has 0 aromatic carbocycles. The Balaban J connectivity index is 0. The highest BCUT2D eigenvalue weighted by molar-refractivity contribution is 5.84. The predicted molar refractivity (Wildman–Crippen MR) is 55.0 cm³/mol. The van der Waals surface area contributed by atoms with E-state index in [1.165, 1.54) is 27.7 Å². The molecular formula is C8H18N4O3. The van der Waals surface area contributed by atoms with E-state index in [1.807, 2.05) is 0 Å². The van der Waals surface area contributed by atoms with E-state index in [2.05, 4.69) is 10.2 Å². The van der Waals surface area contributed by atoms with Crippen LogP contribution < -0.4 is 11.5 Å². The average Bonchev–Trinajstić information content (AvgIpc) is 2.01. The van der Waals surface area contributed by atoms with Gasteiger partial charge >= 0.3 is 0 Å². The lowest BCUT2D eigenvalue weighted by atomic mass is 10.1. The fraction of sp³-hybridized carbons (Fsp3) is 0.750. The molecule has 0 saturated carbocycles. The van der Waals surface area contributed by atoms with Gasteiger partial charge in [0.15, 0.2) is 11.1 Å². The van der Waals surface area contributed by atoms with E-state index >= 15 is 0 Å². The van der Waals surface area contributed by atoms with Gasteiger partial charge in [-0.05, 0) is 27.7 Å². The predicted octanol–water partition coefficient (Wildman–Crippen LogP) is -0.858. The molecule has 0 saturated heterocycles. The van der Waals surface area contributed by atoms with Crippen LogP contribution in [0.15, 0.2) is 10.2 Å². The van der Waals surface area contributed by atoms with Gasteiger partial charge in [0.2, 0.25) is 11.8 Å². The van der Waals surface area contributed by atoms with Crippen molar-refractivity contribution in [2.45, 2.75) is 38.8 Å². The van der Waals surface area contributed by atoms with Crippen molar-refractivity contribution >= 4 is 11.8 Å². The number of carbonyl (C=O) groups excluding carboxylic acids is 2. The molecule has 0 aliphatic rings. The summed E-state index contributed by atoms with van der Waals surface area (Å²) in [5, 5.41) is 7.40. The number of hydrogen-bond donors (Lipinski definition) is 2. The highest BCUT2D eigenvalue weighted by atomic mass is 16.2. The van der Waals surface area contributed by atoms with Gasteiger partial charge in [-0.2, -0.15) is 10.2 Å². The minimum absolute atomic E-state index is 0. The first kappa shape index (κ1) is 15.9. The first-order valence-corrected chi connectivity index (χ1v) is 4.13. The molecule has 15 heavy (non-hydrogen) atoms. The second-order valence-corrected chi connectivity index (χ2v) is 4.05. The standard InChI is InChI=1S/C8H16N4O2.H2O/c1-7(2,5(9)13)11-12-8(3,4)6(10)14;/h1-4H3,(H2,9,13)(H2,10,14);1H2. The molecule has 0 aliphatic carbocycles. The second kappa shape index (κ2) is 4.83. The van der Waals surface area contributed by atoms with Gasteiger partial charge in [0, 0.05) is 0 Å². The van der Waals surface area contributed by atoms with Crippen molar-refractivity contribution in [1.29, 1.82) is 0 Å². The van der Waals surface area contributed by atoms with Crippen molar-refractivity contribution in [2.24, 2.45) is 21.7 Å². The van der Waals surface area contributed by atoms with Gasteiger partial charge in [-0.25, -0.2) is 0 Å². The van der Waals surface area contributed by atoms with E-state index in [4.69, 9.17) is 11.5 Å². The lowest BCUT2D eigenvalue weighted by Crippen LogP contribution is -2.39. The molecule has 0 bridgehead atoms. The van der Waals surface area contributed by atoms with Gasteiger partial charge in [0.1, 0.15) is 0 Å². The fourth-order valence-corrected chi connectivity index (χ4v) is 0.349. The summed E-state index contributed by atoms with van der Waals surface area (Å²) in [6.07, 6.45) is 0. The van der Waals surface area contributed by atoms with Crippen molar-refractivity contribution in [3.05, 3.63) is 0 Å². The minimum atomic E-state index is -1.12. The average molecular weight is 218 g/mol. The monoisotopic (exact) mass is 218 g/mol. The first-order chi connectivity index (χ1) is 6.09. The number of nitrogens with zero attached hydrogens (tertiary/aromatic N) is 2. The molecule has 0 unspecified atom stereocenters. The smallest absolute Gasteiger partial charge is 0.246 e. The van der Waals surface area contributed by atoms with Crippen LogP contribution in [0.25, 0.3) is 0 Å². The van der Waals surface area contributed by atoms with E-state index < -0.39 is 22.9 Å². The van der Waals surface area contributed by atoms with Crippen LogP contribution in [0.5, 0.6) is 0 Å². The van der Waals surface area contributed by atoms with Gasteiger partial charge in [-0.3, -0.25) is 9.59 Å². The molecule has 88 valence electrons. The van der Waals surface area contributed by atoms with E-state index in [0.29, 0.717) is 0 Å². The SMILES string of the molecule is CC(C)(N=NC(C)(C)C(N)=O)C(N)=O.O. The molecule has 0 rings (SSSR count).